The van der Waals surface area contributed by atoms with E-state index in [9.17, 15) is 10.1 Å². The fourth-order valence-corrected chi connectivity index (χ4v) is 2.06. The van der Waals surface area contributed by atoms with E-state index < -0.39 is 0 Å². The number of rotatable bonds is 9. The van der Waals surface area contributed by atoms with Gasteiger partial charge in [-0.1, -0.05) is 19.9 Å². The zero-order valence-corrected chi connectivity index (χ0v) is 12.6. The summed E-state index contributed by atoms with van der Waals surface area (Å²) in [7, 11) is 0. The second-order valence-electron chi connectivity index (χ2n) is 4.81. The standard InChI is InChI=1S/C15H22N4O2/c1-3-9-17-14-11-13(6-7-15(14)19(20)21)12-18(4-2)10-5-8-16/h6-7,11,17H,3-5,9-10,12H2,1-2H3. The highest BCUT2D eigenvalue weighted by Gasteiger charge is 2.14. The summed E-state index contributed by atoms with van der Waals surface area (Å²) in [6.07, 6.45) is 1.40. The number of anilines is 1. The third-order valence-electron chi connectivity index (χ3n) is 3.22. The molecule has 0 atom stereocenters. The van der Waals surface area contributed by atoms with Gasteiger partial charge in [0.05, 0.1) is 11.0 Å². The van der Waals surface area contributed by atoms with E-state index in [0.29, 0.717) is 31.7 Å². The minimum Gasteiger partial charge on any atom is -0.379 e. The maximum Gasteiger partial charge on any atom is 0.292 e. The molecule has 0 amide bonds. The largest absolute Gasteiger partial charge is 0.379 e. The van der Waals surface area contributed by atoms with Gasteiger partial charge in [0.1, 0.15) is 5.69 Å². The Kier molecular flexibility index (Phi) is 7.19. The smallest absolute Gasteiger partial charge is 0.292 e. The zero-order valence-electron chi connectivity index (χ0n) is 12.6. The Morgan fingerprint density at radius 1 is 1.43 bits per heavy atom. The van der Waals surface area contributed by atoms with Gasteiger partial charge >= 0.3 is 0 Å². The molecule has 6 nitrogen and oxygen atoms in total. The summed E-state index contributed by atoms with van der Waals surface area (Å²) in [6, 6.07) is 7.30. The van der Waals surface area contributed by atoms with Crippen LogP contribution in [0.15, 0.2) is 18.2 Å². The van der Waals surface area contributed by atoms with Crippen LogP contribution in [0.25, 0.3) is 0 Å². The van der Waals surface area contributed by atoms with Gasteiger partial charge in [0, 0.05) is 32.1 Å². The Balaban J connectivity index is 2.88. The van der Waals surface area contributed by atoms with Gasteiger partial charge in [-0.3, -0.25) is 15.0 Å². The SMILES string of the molecule is CCCNc1cc(CN(CC)CCC#N)ccc1[N+](=O)[O-]. The van der Waals surface area contributed by atoms with Gasteiger partial charge in [-0.2, -0.15) is 5.26 Å². The predicted octanol–water partition coefficient (Wildman–Crippen LogP) is 3.15. The summed E-state index contributed by atoms with van der Waals surface area (Å²) in [4.78, 5) is 12.8. The van der Waals surface area contributed by atoms with Crippen molar-refractivity contribution in [3.8, 4) is 6.07 Å². The van der Waals surface area contributed by atoms with Crippen molar-refractivity contribution in [3.05, 3.63) is 33.9 Å². The lowest BCUT2D eigenvalue weighted by atomic mass is 10.1. The van der Waals surface area contributed by atoms with Crippen LogP contribution in [0, 0.1) is 21.4 Å². The van der Waals surface area contributed by atoms with E-state index in [1.807, 2.05) is 19.9 Å². The highest BCUT2D eigenvalue weighted by molar-refractivity contribution is 5.62. The van der Waals surface area contributed by atoms with Crippen LogP contribution in [0.3, 0.4) is 0 Å². The Morgan fingerprint density at radius 3 is 2.76 bits per heavy atom. The van der Waals surface area contributed by atoms with E-state index in [4.69, 9.17) is 5.26 Å². The van der Waals surface area contributed by atoms with E-state index in [2.05, 4.69) is 16.3 Å². The van der Waals surface area contributed by atoms with Gasteiger partial charge in [-0.15, -0.1) is 0 Å². The molecule has 0 aromatic heterocycles. The van der Waals surface area contributed by atoms with Crippen LogP contribution in [0.1, 0.15) is 32.3 Å². The summed E-state index contributed by atoms with van der Waals surface area (Å²) in [5, 5.41) is 22.8. The molecule has 1 rings (SSSR count). The van der Waals surface area contributed by atoms with Crippen molar-refractivity contribution < 1.29 is 4.92 Å². The first-order chi connectivity index (χ1) is 10.1. The van der Waals surface area contributed by atoms with Crippen molar-refractivity contribution in [2.24, 2.45) is 0 Å². The number of hydrogen-bond donors (Lipinski definition) is 1. The molecule has 6 heteroatoms. The van der Waals surface area contributed by atoms with Crippen molar-refractivity contribution in [3.63, 3.8) is 0 Å². The van der Waals surface area contributed by atoms with Gasteiger partial charge in [0.25, 0.3) is 5.69 Å². The minimum atomic E-state index is -0.366. The van der Waals surface area contributed by atoms with Crippen LogP contribution in [0.2, 0.25) is 0 Å². The zero-order chi connectivity index (χ0) is 15.7. The molecule has 1 N–H and O–H groups in total. The number of nitro groups is 1. The van der Waals surface area contributed by atoms with Crippen LogP contribution in [-0.4, -0.2) is 29.5 Å². The van der Waals surface area contributed by atoms with Crippen LogP contribution < -0.4 is 5.32 Å². The average Bonchev–Trinajstić information content (AvgIpc) is 2.49. The normalized spacial score (nSPS) is 10.4. The van der Waals surface area contributed by atoms with Gasteiger partial charge in [0.2, 0.25) is 0 Å². The van der Waals surface area contributed by atoms with E-state index in [1.165, 1.54) is 0 Å². The molecule has 21 heavy (non-hydrogen) atoms. The third-order valence-corrected chi connectivity index (χ3v) is 3.22. The quantitative estimate of drug-likeness (QED) is 0.558. The molecule has 0 spiro atoms. The lowest BCUT2D eigenvalue weighted by molar-refractivity contribution is -0.384. The maximum absolute atomic E-state index is 11.0. The fourth-order valence-electron chi connectivity index (χ4n) is 2.06. The van der Waals surface area contributed by atoms with Crippen LogP contribution in [-0.2, 0) is 6.54 Å². The lowest BCUT2D eigenvalue weighted by Crippen LogP contribution is -2.23. The second kappa shape index (κ2) is 8.93. The molecular weight excluding hydrogens is 268 g/mol. The van der Waals surface area contributed by atoms with Crippen molar-refractivity contribution in [2.75, 3.05) is 25.0 Å². The molecule has 0 radical (unpaired) electrons. The summed E-state index contributed by atoms with van der Waals surface area (Å²) >= 11 is 0. The summed E-state index contributed by atoms with van der Waals surface area (Å²) in [5.74, 6) is 0. The van der Waals surface area contributed by atoms with Gasteiger partial charge in [-0.25, -0.2) is 0 Å². The first kappa shape index (κ1) is 16.9. The molecule has 0 aliphatic heterocycles. The highest BCUT2D eigenvalue weighted by Crippen LogP contribution is 2.26. The average molecular weight is 290 g/mol. The van der Waals surface area contributed by atoms with Gasteiger partial charge in [-0.05, 0) is 24.6 Å². The van der Waals surface area contributed by atoms with E-state index >= 15 is 0 Å². The summed E-state index contributed by atoms with van der Waals surface area (Å²) < 4.78 is 0. The van der Waals surface area contributed by atoms with Crippen molar-refractivity contribution in [1.82, 2.24) is 4.90 Å². The molecule has 114 valence electrons. The van der Waals surface area contributed by atoms with E-state index in [1.54, 1.807) is 12.1 Å². The molecule has 0 heterocycles. The van der Waals surface area contributed by atoms with Gasteiger partial charge < -0.3 is 5.32 Å². The topological polar surface area (TPSA) is 82.2 Å². The van der Waals surface area contributed by atoms with Crippen molar-refractivity contribution in [1.29, 1.82) is 5.26 Å². The molecule has 0 saturated heterocycles. The number of hydrogen-bond acceptors (Lipinski definition) is 5. The molecule has 0 aliphatic carbocycles. The van der Waals surface area contributed by atoms with E-state index in [0.717, 1.165) is 18.5 Å². The number of benzene rings is 1. The third kappa shape index (κ3) is 5.40. The second-order valence-corrected chi connectivity index (χ2v) is 4.81. The summed E-state index contributed by atoms with van der Waals surface area (Å²) in [5.41, 5.74) is 1.68. The molecule has 0 fully saturated rings. The Morgan fingerprint density at radius 2 is 2.19 bits per heavy atom. The van der Waals surface area contributed by atoms with Crippen LogP contribution in [0.4, 0.5) is 11.4 Å². The minimum absolute atomic E-state index is 0.104. The monoisotopic (exact) mass is 290 g/mol. The van der Waals surface area contributed by atoms with Crippen molar-refractivity contribution in [2.45, 2.75) is 33.2 Å². The Labute approximate surface area is 125 Å². The number of nitriles is 1. The molecule has 1 aromatic rings. The fraction of sp³-hybridized carbons (Fsp3) is 0.533. The summed E-state index contributed by atoms with van der Waals surface area (Å²) in [6.45, 7) is 7.01. The molecule has 0 bridgehead atoms. The Bertz CT molecular complexity index is 511. The molecular formula is C15H22N4O2. The number of nitrogens with one attached hydrogen (secondary N) is 1. The molecule has 0 aliphatic rings. The first-order valence-corrected chi connectivity index (χ1v) is 7.22. The first-order valence-electron chi connectivity index (χ1n) is 7.22. The molecule has 1 aromatic carbocycles. The lowest BCUT2D eigenvalue weighted by Gasteiger charge is -2.19. The molecule has 0 saturated carbocycles. The van der Waals surface area contributed by atoms with Crippen LogP contribution in [0.5, 0.6) is 0 Å². The van der Waals surface area contributed by atoms with E-state index in [-0.39, 0.29) is 10.6 Å². The predicted molar refractivity (Wildman–Crippen MR) is 83.1 cm³/mol. The van der Waals surface area contributed by atoms with Crippen LogP contribution >= 0.6 is 0 Å². The maximum atomic E-state index is 11.0. The number of nitrogens with zero attached hydrogens (tertiary/aromatic N) is 3. The number of nitro benzene ring substituents is 1. The van der Waals surface area contributed by atoms with Gasteiger partial charge in [0.15, 0.2) is 0 Å². The Hall–Kier alpha value is -2.13. The highest BCUT2D eigenvalue weighted by atomic mass is 16.6. The van der Waals surface area contributed by atoms with Crippen molar-refractivity contribution >= 4 is 11.4 Å². The molecule has 0 unspecified atom stereocenters.